The standard InChI is InChI=1S/C22H23ClN4O3/c23-17-4-1-15(2-5-17)20(28)13-27-9-7-14(8-10-27)12-24-21(29)16-3-6-18-19(11-16)26-22(30)25-18/h1-6,11,14H,7-10,12-13H2,(H,24,29)(H2,25,26,30). The van der Waals surface area contributed by atoms with Crippen molar-refractivity contribution in [1.82, 2.24) is 20.2 Å². The fraction of sp³-hybridized carbons (Fsp3) is 0.318. The number of imidazole rings is 1. The molecule has 3 aromatic rings. The molecule has 0 aliphatic carbocycles. The minimum Gasteiger partial charge on any atom is -0.352 e. The molecule has 1 aliphatic heterocycles. The summed E-state index contributed by atoms with van der Waals surface area (Å²) in [6, 6.07) is 12.1. The number of amides is 1. The molecule has 1 fully saturated rings. The molecule has 156 valence electrons. The van der Waals surface area contributed by atoms with Crippen LogP contribution < -0.4 is 11.0 Å². The van der Waals surface area contributed by atoms with Crippen molar-refractivity contribution in [3.8, 4) is 0 Å². The molecule has 1 amide bonds. The minimum atomic E-state index is -0.288. The number of halogens is 1. The van der Waals surface area contributed by atoms with Gasteiger partial charge in [0.25, 0.3) is 5.91 Å². The van der Waals surface area contributed by atoms with Crippen LogP contribution in [0.25, 0.3) is 11.0 Å². The zero-order valence-electron chi connectivity index (χ0n) is 16.4. The number of H-pyrrole nitrogens is 2. The van der Waals surface area contributed by atoms with Gasteiger partial charge < -0.3 is 15.3 Å². The summed E-state index contributed by atoms with van der Waals surface area (Å²) in [7, 11) is 0. The summed E-state index contributed by atoms with van der Waals surface area (Å²) >= 11 is 5.87. The van der Waals surface area contributed by atoms with Gasteiger partial charge >= 0.3 is 5.69 Å². The van der Waals surface area contributed by atoms with Crippen molar-refractivity contribution >= 4 is 34.3 Å². The highest BCUT2D eigenvalue weighted by molar-refractivity contribution is 6.30. The van der Waals surface area contributed by atoms with Crippen molar-refractivity contribution in [1.29, 1.82) is 0 Å². The van der Waals surface area contributed by atoms with E-state index in [9.17, 15) is 14.4 Å². The Morgan fingerprint density at radius 2 is 1.67 bits per heavy atom. The number of hydrogen-bond acceptors (Lipinski definition) is 4. The molecule has 0 saturated carbocycles. The van der Waals surface area contributed by atoms with Gasteiger partial charge in [0.2, 0.25) is 0 Å². The van der Waals surface area contributed by atoms with E-state index in [-0.39, 0.29) is 17.4 Å². The van der Waals surface area contributed by atoms with Gasteiger partial charge in [0, 0.05) is 22.7 Å². The normalized spacial score (nSPS) is 15.4. The summed E-state index contributed by atoms with van der Waals surface area (Å²) in [4.78, 5) is 43.7. The molecule has 0 atom stereocenters. The number of fused-ring (bicyclic) bond motifs is 1. The third kappa shape index (κ3) is 4.80. The molecule has 0 unspecified atom stereocenters. The Kier molecular flexibility index (Phi) is 6.01. The summed E-state index contributed by atoms with van der Waals surface area (Å²) in [6.07, 6.45) is 1.86. The second-order valence-corrected chi connectivity index (χ2v) is 8.14. The van der Waals surface area contributed by atoms with Crippen LogP contribution in [0.3, 0.4) is 0 Å². The lowest BCUT2D eigenvalue weighted by molar-refractivity contribution is 0.0887. The molecule has 4 rings (SSSR count). The predicted octanol–water partition coefficient (Wildman–Crippen LogP) is 2.83. The highest BCUT2D eigenvalue weighted by Gasteiger charge is 2.22. The number of benzene rings is 2. The SMILES string of the molecule is O=C(CN1CCC(CNC(=O)c2ccc3[nH]c(=O)[nH]c3c2)CC1)c1ccc(Cl)cc1. The average Bonchev–Trinajstić information content (AvgIpc) is 3.12. The second kappa shape index (κ2) is 8.85. The second-order valence-electron chi connectivity index (χ2n) is 7.70. The third-order valence-corrected chi connectivity index (χ3v) is 5.82. The zero-order chi connectivity index (χ0) is 21.1. The molecule has 30 heavy (non-hydrogen) atoms. The number of hydrogen-bond donors (Lipinski definition) is 3. The van der Waals surface area contributed by atoms with E-state index in [1.807, 2.05) is 0 Å². The molecule has 1 saturated heterocycles. The maximum absolute atomic E-state index is 12.5. The molecule has 1 aromatic heterocycles. The fourth-order valence-corrected chi connectivity index (χ4v) is 3.92. The summed E-state index contributed by atoms with van der Waals surface area (Å²) < 4.78 is 0. The fourth-order valence-electron chi connectivity index (χ4n) is 3.79. The minimum absolute atomic E-state index is 0.0941. The van der Waals surface area contributed by atoms with Gasteiger partial charge in [-0.3, -0.25) is 14.5 Å². The molecule has 0 radical (unpaired) electrons. The lowest BCUT2D eigenvalue weighted by Gasteiger charge is -2.31. The highest BCUT2D eigenvalue weighted by Crippen LogP contribution is 2.18. The average molecular weight is 427 g/mol. The number of nitrogens with zero attached hydrogens (tertiary/aromatic N) is 1. The Morgan fingerprint density at radius 3 is 2.40 bits per heavy atom. The van der Waals surface area contributed by atoms with Crippen LogP contribution in [0.4, 0.5) is 0 Å². The van der Waals surface area contributed by atoms with E-state index in [2.05, 4.69) is 20.2 Å². The van der Waals surface area contributed by atoms with E-state index in [0.29, 0.717) is 46.2 Å². The first kappa shape index (κ1) is 20.4. The molecule has 0 bridgehead atoms. The lowest BCUT2D eigenvalue weighted by atomic mass is 9.96. The molecule has 8 heteroatoms. The van der Waals surface area contributed by atoms with E-state index < -0.39 is 0 Å². The van der Waals surface area contributed by atoms with Gasteiger partial charge in [-0.25, -0.2) is 4.79 Å². The van der Waals surface area contributed by atoms with E-state index in [0.717, 1.165) is 25.9 Å². The topological polar surface area (TPSA) is 98.1 Å². The van der Waals surface area contributed by atoms with Crippen molar-refractivity contribution < 1.29 is 9.59 Å². The van der Waals surface area contributed by atoms with Gasteiger partial charge in [0.1, 0.15) is 0 Å². The maximum atomic E-state index is 12.5. The third-order valence-electron chi connectivity index (χ3n) is 5.57. The van der Waals surface area contributed by atoms with Gasteiger partial charge in [-0.15, -0.1) is 0 Å². The number of carbonyl (C=O) groups is 2. The number of likely N-dealkylation sites (tertiary alicyclic amines) is 1. The predicted molar refractivity (Wildman–Crippen MR) is 116 cm³/mol. The Hall–Kier alpha value is -2.90. The van der Waals surface area contributed by atoms with E-state index in [1.54, 1.807) is 42.5 Å². The van der Waals surface area contributed by atoms with Gasteiger partial charge in [-0.1, -0.05) is 11.6 Å². The molecular formula is C22H23ClN4O3. The van der Waals surface area contributed by atoms with Crippen LogP contribution in [0.2, 0.25) is 5.02 Å². The summed E-state index contributed by atoms with van der Waals surface area (Å²) in [5.74, 6) is 0.322. The number of aromatic nitrogens is 2. The number of Topliss-reactive ketones (excluding diaryl/α,β-unsaturated/α-hetero) is 1. The van der Waals surface area contributed by atoms with E-state index in [4.69, 9.17) is 11.6 Å². The van der Waals surface area contributed by atoms with Crippen LogP contribution in [0, 0.1) is 5.92 Å². The molecule has 3 N–H and O–H groups in total. The van der Waals surface area contributed by atoms with Crippen LogP contribution >= 0.6 is 11.6 Å². The van der Waals surface area contributed by atoms with Crippen molar-refractivity contribution in [3.05, 3.63) is 69.1 Å². The molecule has 1 aliphatic rings. The Labute approximate surface area is 178 Å². The first-order chi connectivity index (χ1) is 14.5. The van der Waals surface area contributed by atoms with Crippen LogP contribution in [0.5, 0.6) is 0 Å². The van der Waals surface area contributed by atoms with Crippen molar-refractivity contribution in [2.75, 3.05) is 26.2 Å². The lowest BCUT2D eigenvalue weighted by Crippen LogP contribution is -2.40. The Balaban J connectivity index is 1.24. The van der Waals surface area contributed by atoms with Gasteiger partial charge in [-0.2, -0.15) is 0 Å². The first-order valence-electron chi connectivity index (χ1n) is 9.99. The maximum Gasteiger partial charge on any atom is 0.323 e. The number of ketones is 1. The molecule has 7 nitrogen and oxygen atoms in total. The quantitative estimate of drug-likeness (QED) is 0.528. The monoisotopic (exact) mass is 426 g/mol. The molecular weight excluding hydrogens is 404 g/mol. The Morgan fingerprint density at radius 1 is 1.00 bits per heavy atom. The van der Waals surface area contributed by atoms with Gasteiger partial charge in [0.05, 0.1) is 17.6 Å². The van der Waals surface area contributed by atoms with Crippen molar-refractivity contribution in [2.45, 2.75) is 12.8 Å². The smallest absolute Gasteiger partial charge is 0.323 e. The summed E-state index contributed by atoms with van der Waals surface area (Å²) in [6.45, 7) is 2.65. The number of rotatable bonds is 6. The molecule has 2 aromatic carbocycles. The van der Waals surface area contributed by atoms with Gasteiger partial charge in [0.15, 0.2) is 5.78 Å². The number of aromatic amines is 2. The van der Waals surface area contributed by atoms with Crippen molar-refractivity contribution in [3.63, 3.8) is 0 Å². The summed E-state index contributed by atoms with van der Waals surface area (Å²) in [5, 5.41) is 3.61. The largest absolute Gasteiger partial charge is 0.352 e. The number of nitrogens with one attached hydrogen (secondary N) is 3. The highest BCUT2D eigenvalue weighted by atomic mass is 35.5. The van der Waals surface area contributed by atoms with Crippen LogP contribution in [-0.2, 0) is 0 Å². The van der Waals surface area contributed by atoms with E-state index >= 15 is 0 Å². The van der Waals surface area contributed by atoms with Crippen LogP contribution in [0.15, 0.2) is 47.3 Å². The first-order valence-corrected chi connectivity index (χ1v) is 10.4. The number of carbonyl (C=O) groups excluding carboxylic acids is 2. The summed E-state index contributed by atoms with van der Waals surface area (Å²) in [5.41, 5.74) is 2.20. The zero-order valence-corrected chi connectivity index (χ0v) is 17.2. The molecule has 2 heterocycles. The van der Waals surface area contributed by atoms with Gasteiger partial charge in [-0.05, 0) is 74.3 Å². The molecule has 0 spiro atoms. The van der Waals surface area contributed by atoms with Crippen LogP contribution in [-0.4, -0.2) is 52.7 Å². The van der Waals surface area contributed by atoms with Crippen LogP contribution in [0.1, 0.15) is 33.6 Å². The van der Waals surface area contributed by atoms with Crippen molar-refractivity contribution in [2.24, 2.45) is 5.92 Å². The Bertz CT molecular complexity index is 1110. The number of piperidine rings is 1. The van der Waals surface area contributed by atoms with E-state index in [1.165, 1.54) is 0 Å².